The van der Waals surface area contributed by atoms with Gasteiger partial charge in [-0.05, 0) is 25.5 Å². The minimum atomic E-state index is 0.245. The standard InChI is InChI=1S/C12H17NO2S/c1-8-11(5-6-14)16-12-4-3-9(15-2)7-10(12)13-8/h3-4,7-8,11,13-14H,5-6H2,1-2H3. The van der Waals surface area contributed by atoms with Gasteiger partial charge in [0.2, 0.25) is 0 Å². The smallest absolute Gasteiger partial charge is 0.121 e. The van der Waals surface area contributed by atoms with Crippen LogP contribution in [0, 0.1) is 0 Å². The molecule has 2 atom stereocenters. The van der Waals surface area contributed by atoms with Crippen molar-refractivity contribution in [2.24, 2.45) is 0 Å². The molecule has 2 N–H and O–H groups in total. The Balaban J connectivity index is 2.20. The fourth-order valence-electron chi connectivity index (χ4n) is 1.89. The van der Waals surface area contributed by atoms with Crippen molar-refractivity contribution in [3.05, 3.63) is 18.2 Å². The van der Waals surface area contributed by atoms with E-state index in [1.54, 1.807) is 7.11 Å². The second-order valence-corrected chi connectivity index (χ2v) is 5.24. The molecule has 0 saturated carbocycles. The molecule has 0 saturated heterocycles. The molecule has 0 aliphatic carbocycles. The van der Waals surface area contributed by atoms with Crippen molar-refractivity contribution in [3.63, 3.8) is 0 Å². The Kier molecular flexibility index (Phi) is 3.61. The maximum absolute atomic E-state index is 9.01. The summed E-state index contributed by atoms with van der Waals surface area (Å²) >= 11 is 1.83. The molecule has 0 radical (unpaired) electrons. The summed E-state index contributed by atoms with van der Waals surface area (Å²) in [5, 5.41) is 12.9. The van der Waals surface area contributed by atoms with Gasteiger partial charge in [0.05, 0.1) is 12.8 Å². The van der Waals surface area contributed by atoms with Crippen molar-refractivity contribution in [3.8, 4) is 5.75 Å². The van der Waals surface area contributed by atoms with Crippen molar-refractivity contribution in [2.45, 2.75) is 29.5 Å². The molecular weight excluding hydrogens is 222 g/mol. The molecule has 88 valence electrons. The molecule has 1 aliphatic heterocycles. The number of ether oxygens (including phenoxy) is 1. The normalized spacial score (nSPS) is 23.4. The summed E-state index contributed by atoms with van der Waals surface area (Å²) in [7, 11) is 1.68. The first-order valence-corrected chi connectivity index (χ1v) is 6.34. The van der Waals surface area contributed by atoms with E-state index in [2.05, 4.69) is 18.3 Å². The zero-order valence-corrected chi connectivity index (χ0v) is 10.4. The van der Waals surface area contributed by atoms with E-state index in [0.29, 0.717) is 11.3 Å². The lowest BCUT2D eigenvalue weighted by Gasteiger charge is -2.31. The van der Waals surface area contributed by atoms with E-state index in [1.807, 2.05) is 23.9 Å². The van der Waals surface area contributed by atoms with Gasteiger partial charge in [-0.25, -0.2) is 0 Å². The number of hydrogen-bond donors (Lipinski definition) is 2. The molecule has 0 fully saturated rings. The van der Waals surface area contributed by atoms with Gasteiger partial charge in [-0.3, -0.25) is 0 Å². The molecule has 0 amide bonds. The summed E-state index contributed by atoms with van der Waals surface area (Å²) in [5.41, 5.74) is 1.13. The van der Waals surface area contributed by atoms with Crippen molar-refractivity contribution in [2.75, 3.05) is 19.0 Å². The second-order valence-electron chi connectivity index (χ2n) is 3.96. The van der Waals surface area contributed by atoms with Crippen LogP contribution >= 0.6 is 11.8 Å². The first kappa shape index (κ1) is 11.6. The first-order chi connectivity index (χ1) is 7.74. The summed E-state index contributed by atoms with van der Waals surface area (Å²) in [4.78, 5) is 1.23. The van der Waals surface area contributed by atoms with Crippen LogP contribution in [0.25, 0.3) is 0 Å². The fraction of sp³-hybridized carbons (Fsp3) is 0.500. The predicted molar refractivity (Wildman–Crippen MR) is 67.4 cm³/mol. The molecule has 1 aromatic rings. The molecular formula is C12H17NO2S. The van der Waals surface area contributed by atoms with Crippen LogP contribution in [0.3, 0.4) is 0 Å². The Morgan fingerprint density at radius 1 is 1.50 bits per heavy atom. The second kappa shape index (κ2) is 4.97. The van der Waals surface area contributed by atoms with E-state index in [9.17, 15) is 0 Å². The molecule has 0 bridgehead atoms. The molecule has 0 spiro atoms. The molecule has 3 nitrogen and oxygen atoms in total. The largest absolute Gasteiger partial charge is 0.497 e. The topological polar surface area (TPSA) is 41.5 Å². The average molecular weight is 239 g/mol. The van der Waals surface area contributed by atoms with E-state index in [4.69, 9.17) is 9.84 Å². The van der Waals surface area contributed by atoms with Gasteiger partial charge in [-0.15, -0.1) is 11.8 Å². The number of nitrogens with one attached hydrogen (secondary N) is 1. The number of hydrogen-bond acceptors (Lipinski definition) is 4. The maximum Gasteiger partial charge on any atom is 0.121 e. The first-order valence-electron chi connectivity index (χ1n) is 5.46. The predicted octanol–water partition coefficient (Wildman–Crippen LogP) is 2.35. The monoisotopic (exact) mass is 239 g/mol. The Morgan fingerprint density at radius 2 is 2.31 bits per heavy atom. The van der Waals surface area contributed by atoms with Crippen LogP contribution in [0.2, 0.25) is 0 Å². The van der Waals surface area contributed by atoms with Gasteiger partial charge in [-0.1, -0.05) is 0 Å². The summed E-state index contributed by atoms with van der Waals surface area (Å²) in [6.07, 6.45) is 0.824. The van der Waals surface area contributed by atoms with Crippen molar-refractivity contribution in [1.82, 2.24) is 0 Å². The quantitative estimate of drug-likeness (QED) is 0.849. The van der Waals surface area contributed by atoms with Crippen LogP contribution in [-0.2, 0) is 0 Å². The Bertz CT molecular complexity index is 370. The summed E-state index contributed by atoms with van der Waals surface area (Å²) in [6, 6.07) is 6.44. The van der Waals surface area contributed by atoms with Crippen LogP contribution in [0.1, 0.15) is 13.3 Å². The van der Waals surface area contributed by atoms with Crippen LogP contribution in [0.5, 0.6) is 5.75 Å². The Morgan fingerprint density at radius 3 is 3.00 bits per heavy atom. The average Bonchev–Trinajstić information content (AvgIpc) is 2.30. The lowest BCUT2D eigenvalue weighted by Crippen LogP contribution is -2.32. The van der Waals surface area contributed by atoms with Gasteiger partial charge < -0.3 is 15.2 Å². The minimum Gasteiger partial charge on any atom is -0.497 e. The SMILES string of the molecule is COc1ccc2c(c1)NC(C)C(CCO)S2. The van der Waals surface area contributed by atoms with E-state index in [-0.39, 0.29) is 6.61 Å². The van der Waals surface area contributed by atoms with Gasteiger partial charge >= 0.3 is 0 Å². The van der Waals surface area contributed by atoms with Crippen LogP contribution in [0.15, 0.2) is 23.1 Å². The molecule has 0 aromatic heterocycles. The van der Waals surface area contributed by atoms with E-state index >= 15 is 0 Å². The molecule has 16 heavy (non-hydrogen) atoms. The van der Waals surface area contributed by atoms with Gasteiger partial charge in [0.15, 0.2) is 0 Å². The number of rotatable bonds is 3. The third-order valence-electron chi connectivity index (χ3n) is 2.82. The van der Waals surface area contributed by atoms with Crippen LogP contribution in [-0.4, -0.2) is 30.1 Å². The molecule has 4 heteroatoms. The van der Waals surface area contributed by atoms with E-state index in [0.717, 1.165) is 17.9 Å². The molecule has 1 aromatic carbocycles. The van der Waals surface area contributed by atoms with Crippen LogP contribution < -0.4 is 10.1 Å². The lowest BCUT2D eigenvalue weighted by molar-refractivity contribution is 0.284. The third-order valence-corrected chi connectivity index (χ3v) is 4.38. The van der Waals surface area contributed by atoms with Crippen molar-refractivity contribution in [1.29, 1.82) is 0 Å². The van der Waals surface area contributed by atoms with Crippen molar-refractivity contribution < 1.29 is 9.84 Å². The van der Waals surface area contributed by atoms with Gasteiger partial charge in [0, 0.05) is 28.9 Å². The summed E-state index contributed by atoms with van der Waals surface area (Å²) in [6.45, 7) is 2.39. The molecule has 2 rings (SSSR count). The fourth-order valence-corrected chi connectivity index (χ4v) is 3.10. The lowest BCUT2D eigenvalue weighted by atomic mass is 10.1. The highest BCUT2D eigenvalue weighted by molar-refractivity contribution is 8.00. The zero-order chi connectivity index (χ0) is 11.5. The van der Waals surface area contributed by atoms with E-state index < -0.39 is 0 Å². The number of anilines is 1. The highest BCUT2D eigenvalue weighted by Crippen LogP contribution is 2.40. The summed E-state index contributed by atoms with van der Waals surface area (Å²) in [5.74, 6) is 0.875. The van der Waals surface area contributed by atoms with Crippen molar-refractivity contribution >= 4 is 17.4 Å². The highest BCUT2D eigenvalue weighted by atomic mass is 32.2. The minimum absolute atomic E-state index is 0.245. The van der Waals surface area contributed by atoms with Gasteiger partial charge in [-0.2, -0.15) is 0 Å². The number of aliphatic hydroxyl groups is 1. The summed E-state index contributed by atoms with van der Waals surface area (Å²) < 4.78 is 5.20. The number of methoxy groups -OCH3 is 1. The van der Waals surface area contributed by atoms with Crippen LogP contribution in [0.4, 0.5) is 5.69 Å². The van der Waals surface area contributed by atoms with Gasteiger partial charge in [0.1, 0.15) is 5.75 Å². The zero-order valence-electron chi connectivity index (χ0n) is 9.56. The van der Waals surface area contributed by atoms with Gasteiger partial charge in [0.25, 0.3) is 0 Å². The highest BCUT2D eigenvalue weighted by Gasteiger charge is 2.25. The number of aliphatic hydroxyl groups excluding tert-OH is 1. The molecule has 1 heterocycles. The Hall–Kier alpha value is -0.870. The Labute approximate surface area is 100 Å². The number of benzene rings is 1. The maximum atomic E-state index is 9.01. The molecule has 1 aliphatic rings. The molecule has 2 unspecified atom stereocenters. The number of fused-ring (bicyclic) bond motifs is 1. The van der Waals surface area contributed by atoms with E-state index in [1.165, 1.54) is 4.90 Å². The third kappa shape index (κ3) is 2.28. The number of thioether (sulfide) groups is 1.